The molecule has 0 radical (unpaired) electrons. The summed E-state index contributed by atoms with van der Waals surface area (Å²) in [5.74, 6) is 0.834. The van der Waals surface area contributed by atoms with Crippen molar-refractivity contribution < 1.29 is 4.74 Å². The van der Waals surface area contributed by atoms with Crippen LogP contribution in [0.15, 0.2) is 0 Å². The molecule has 2 atom stereocenters. The van der Waals surface area contributed by atoms with Gasteiger partial charge in [-0.25, -0.2) is 0 Å². The van der Waals surface area contributed by atoms with Gasteiger partial charge in [0.05, 0.1) is 6.10 Å². The molecule has 2 heteroatoms. The summed E-state index contributed by atoms with van der Waals surface area (Å²) in [6.07, 6.45) is 11.3. The molecule has 0 aromatic rings. The summed E-state index contributed by atoms with van der Waals surface area (Å²) in [5, 5.41) is 3.64. The molecule has 2 aliphatic carbocycles. The second-order valence-corrected chi connectivity index (χ2v) is 7.45. The summed E-state index contributed by atoms with van der Waals surface area (Å²) in [4.78, 5) is 0. The fourth-order valence-corrected chi connectivity index (χ4v) is 3.81. The zero-order chi connectivity index (χ0) is 13.7. The molecule has 1 N–H and O–H groups in total. The van der Waals surface area contributed by atoms with E-state index < -0.39 is 0 Å². The summed E-state index contributed by atoms with van der Waals surface area (Å²) in [6, 6.07) is 0.585. The fraction of sp³-hybridized carbons (Fsp3) is 1.00. The van der Waals surface area contributed by atoms with Crippen LogP contribution in [0, 0.1) is 11.3 Å². The second kappa shape index (κ2) is 7.08. The highest BCUT2D eigenvalue weighted by Gasteiger charge is 2.35. The zero-order valence-electron chi connectivity index (χ0n) is 13.2. The molecule has 0 saturated heterocycles. The van der Waals surface area contributed by atoms with E-state index in [0.717, 1.165) is 19.1 Å². The third kappa shape index (κ3) is 4.75. The molecule has 112 valence electrons. The Labute approximate surface area is 119 Å². The van der Waals surface area contributed by atoms with Crippen molar-refractivity contribution in [1.29, 1.82) is 0 Å². The van der Waals surface area contributed by atoms with E-state index in [0.29, 0.717) is 17.6 Å². The van der Waals surface area contributed by atoms with Crippen LogP contribution in [-0.4, -0.2) is 25.3 Å². The number of nitrogens with one attached hydrogen (secondary N) is 1. The Kier molecular flexibility index (Phi) is 5.70. The maximum Gasteiger partial charge on any atom is 0.0733 e. The molecule has 2 fully saturated rings. The van der Waals surface area contributed by atoms with Gasteiger partial charge in [-0.3, -0.25) is 0 Å². The summed E-state index contributed by atoms with van der Waals surface area (Å²) >= 11 is 0. The molecular formula is C17H33NO. The van der Waals surface area contributed by atoms with Gasteiger partial charge in [-0.2, -0.15) is 0 Å². The van der Waals surface area contributed by atoms with Crippen LogP contribution in [0.25, 0.3) is 0 Å². The van der Waals surface area contributed by atoms with Crippen molar-refractivity contribution in [3.63, 3.8) is 0 Å². The molecule has 0 spiro atoms. The predicted octanol–water partition coefficient (Wildman–Crippen LogP) is 4.14. The van der Waals surface area contributed by atoms with E-state index in [9.17, 15) is 0 Å². The fourth-order valence-electron chi connectivity index (χ4n) is 3.81. The molecule has 0 aliphatic heterocycles. The molecule has 2 rings (SSSR count). The quantitative estimate of drug-likeness (QED) is 0.808. The monoisotopic (exact) mass is 267 g/mol. The van der Waals surface area contributed by atoms with Crippen LogP contribution in [-0.2, 0) is 4.74 Å². The average molecular weight is 267 g/mol. The van der Waals surface area contributed by atoms with E-state index in [2.05, 4.69) is 26.1 Å². The Hall–Kier alpha value is -0.0800. The van der Waals surface area contributed by atoms with Gasteiger partial charge in [0.25, 0.3) is 0 Å². The first-order chi connectivity index (χ1) is 9.11. The van der Waals surface area contributed by atoms with Gasteiger partial charge in [0.2, 0.25) is 0 Å². The van der Waals surface area contributed by atoms with Gasteiger partial charge < -0.3 is 10.1 Å². The summed E-state index contributed by atoms with van der Waals surface area (Å²) in [6.45, 7) is 9.06. The Morgan fingerprint density at radius 1 is 1.11 bits per heavy atom. The number of rotatable bonds is 5. The maximum absolute atomic E-state index is 6.36. The highest BCUT2D eigenvalue weighted by molar-refractivity contribution is 4.89. The normalized spacial score (nSPS) is 32.4. The number of ether oxygens (including phenoxy) is 1. The lowest BCUT2D eigenvalue weighted by Gasteiger charge is -2.41. The summed E-state index contributed by atoms with van der Waals surface area (Å²) in [7, 11) is 0. The molecule has 2 nitrogen and oxygen atoms in total. The largest absolute Gasteiger partial charge is 0.376 e. The third-order valence-corrected chi connectivity index (χ3v) is 5.07. The smallest absolute Gasteiger partial charge is 0.0733 e. The van der Waals surface area contributed by atoms with Gasteiger partial charge >= 0.3 is 0 Å². The Morgan fingerprint density at radius 2 is 1.84 bits per heavy atom. The summed E-state index contributed by atoms with van der Waals surface area (Å²) < 4.78 is 6.36. The molecule has 0 heterocycles. The van der Waals surface area contributed by atoms with Gasteiger partial charge in [-0.1, -0.05) is 40.0 Å². The third-order valence-electron chi connectivity index (χ3n) is 5.07. The molecule has 0 aromatic heterocycles. The average Bonchev–Trinajstić information content (AvgIpc) is 2.40. The lowest BCUT2D eigenvalue weighted by atomic mass is 9.74. The molecule has 0 aromatic carbocycles. The molecule has 0 bridgehead atoms. The number of likely N-dealkylation sites (N-methyl/N-ethyl adjacent to an activating group) is 1. The molecule has 2 unspecified atom stereocenters. The Balaban J connectivity index is 1.82. The minimum Gasteiger partial charge on any atom is -0.376 e. The van der Waals surface area contributed by atoms with Gasteiger partial charge in [0, 0.05) is 12.6 Å². The van der Waals surface area contributed by atoms with Crippen molar-refractivity contribution in [3.05, 3.63) is 0 Å². The molecule has 19 heavy (non-hydrogen) atoms. The van der Waals surface area contributed by atoms with Crippen molar-refractivity contribution in [2.45, 2.75) is 84.3 Å². The standard InChI is InChI=1S/C17H33NO/c1-4-18-15-10-11-17(2,3)12-16(15)19-13-14-8-6-5-7-9-14/h14-16,18H,4-13H2,1-3H3. The molecule has 2 aliphatic rings. The Morgan fingerprint density at radius 3 is 2.53 bits per heavy atom. The van der Waals surface area contributed by atoms with Crippen molar-refractivity contribution in [3.8, 4) is 0 Å². The van der Waals surface area contributed by atoms with E-state index in [-0.39, 0.29) is 0 Å². The van der Waals surface area contributed by atoms with Crippen LogP contribution in [0.2, 0.25) is 0 Å². The highest BCUT2D eigenvalue weighted by Crippen LogP contribution is 2.37. The van der Waals surface area contributed by atoms with Crippen LogP contribution >= 0.6 is 0 Å². The van der Waals surface area contributed by atoms with Crippen molar-refractivity contribution in [2.24, 2.45) is 11.3 Å². The van der Waals surface area contributed by atoms with Gasteiger partial charge in [-0.05, 0) is 50.0 Å². The van der Waals surface area contributed by atoms with Gasteiger partial charge in [0.1, 0.15) is 0 Å². The zero-order valence-corrected chi connectivity index (χ0v) is 13.2. The first-order valence-corrected chi connectivity index (χ1v) is 8.46. The topological polar surface area (TPSA) is 21.3 Å². The minimum atomic E-state index is 0.436. The highest BCUT2D eigenvalue weighted by atomic mass is 16.5. The van der Waals surface area contributed by atoms with Gasteiger partial charge in [-0.15, -0.1) is 0 Å². The van der Waals surface area contributed by atoms with E-state index in [4.69, 9.17) is 4.74 Å². The molecular weight excluding hydrogens is 234 g/mol. The van der Waals surface area contributed by atoms with Crippen molar-refractivity contribution >= 4 is 0 Å². The van der Waals surface area contributed by atoms with E-state index in [1.54, 1.807) is 0 Å². The number of hydrogen-bond acceptors (Lipinski definition) is 2. The summed E-state index contributed by atoms with van der Waals surface area (Å²) in [5.41, 5.74) is 0.461. The molecule has 0 amide bonds. The first kappa shape index (κ1) is 15.3. The Bertz CT molecular complexity index is 258. The first-order valence-electron chi connectivity index (χ1n) is 8.46. The molecule has 2 saturated carbocycles. The minimum absolute atomic E-state index is 0.436. The van der Waals surface area contributed by atoms with Gasteiger partial charge in [0.15, 0.2) is 0 Å². The second-order valence-electron chi connectivity index (χ2n) is 7.45. The van der Waals surface area contributed by atoms with Crippen LogP contribution in [0.4, 0.5) is 0 Å². The van der Waals surface area contributed by atoms with E-state index in [1.807, 2.05) is 0 Å². The van der Waals surface area contributed by atoms with Crippen LogP contribution in [0.5, 0.6) is 0 Å². The van der Waals surface area contributed by atoms with E-state index >= 15 is 0 Å². The lowest BCUT2D eigenvalue weighted by Crippen LogP contribution is -2.48. The number of hydrogen-bond donors (Lipinski definition) is 1. The van der Waals surface area contributed by atoms with Crippen LogP contribution < -0.4 is 5.32 Å². The van der Waals surface area contributed by atoms with Crippen molar-refractivity contribution in [2.75, 3.05) is 13.2 Å². The van der Waals surface area contributed by atoms with Crippen LogP contribution in [0.1, 0.15) is 72.1 Å². The predicted molar refractivity (Wildman–Crippen MR) is 81.4 cm³/mol. The van der Waals surface area contributed by atoms with Crippen molar-refractivity contribution in [1.82, 2.24) is 5.32 Å². The van der Waals surface area contributed by atoms with Crippen LogP contribution in [0.3, 0.4) is 0 Å². The van der Waals surface area contributed by atoms with E-state index in [1.165, 1.54) is 51.4 Å². The lowest BCUT2D eigenvalue weighted by molar-refractivity contribution is -0.0450. The maximum atomic E-state index is 6.36. The SMILES string of the molecule is CCNC1CCC(C)(C)CC1OCC1CCCCC1.